The van der Waals surface area contributed by atoms with Crippen LogP contribution in [0.1, 0.15) is 57.4 Å². The number of hydrogen-bond acceptors (Lipinski definition) is 2. The second kappa shape index (κ2) is 10.6. The van der Waals surface area contributed by atoms with E-state index in [1.807, 2.05) is 0 Å². The van der Waals surface area contributed by atoms with Gasteiger partial charge in [0, 0.05) is 12.0 Å². The Morgan fingerprint density at radius 3 is 2.67 bits per heavy atom. The predicted molar refractivity (Wildman–Crippen MR) is 90.2 cm³/mol. The van der Waals surface area contributed by atoms with E-state index >= 15 is 0 Å². The van der Waals surface area contributed by atoms with Crippen LogP contribution in [-0.2, 0) is 4.79 Å². The minimum atomic E-state index is -0.0695. The second-order valence-corrected chi connectivity index (χ2v) is 5.74. The van der Waals surface area contributed by atoms with Gasteiger partial charge in [0.05, 0.1) is 16.3 Å². The van der Waals surface area contributed by atoms with Crippen LogP contribution in [0.4, 0.5) is 0 Å². The highest BCUT2D eigenvalue weighted by atomic mass is 35.5. The molecule has 0 aliphatic heterocycles. The molecule has 5 heteroatoms. The van der Waals surface area contributed by atoms with Gasteiger partial charge < -0.3 is 0 Å². The fraction of sp³-hybridized carbons (Fsp3) is 0.500. The molecule has 0 aliphatic carbocycles. The van der Waals surface area contributed by atoms with E-state index in [1.54, 1.807) is 18.2 Å². The summed E-state index contributed by atoms with van der Waals surface area (Å²) in [6.07, 6.45) is 8.98. The molecule has 0 saturated heterocycles. The van der Waals surface area contributed by atoms with Crippen molar-refractivity contribution < 1.29 is 4.79 Å². The summed E-state index contributed by atoms with van der Waals surface area (Å²) >= 11 is 11.9. The summed E-state index contributed by atoms with van der Waals surface area (Å²) in [4.78, 5) is 11.6. The van der Waals surface area contributed by atoms with Crippen LogP contribution in [0.3, 0.4) is 0 Å². The van der Waals surface area contributed by atoms with Gasteiger partial charge in [0.1, 0.15) is 0 Å². The van der Waals surface area contributed by atoms with E-state index in [9.17, 15) is 4.79 Å². The van der Waals surface area contributed by atoms with Crippen molar-refractivity contribution in [2.45, 2.75) is 51.9 Å². The molecule has 0 saturated carbocycles. The third-order valence-electron chi connectivity index (χ3n) is 3.13. The summed E-state index contributed by atoms with van der Waals surface area (Å²) in [5.41, 5.74) is 3.19. The summed E-state index contributed by atoms with van der Waals surface area (Å²) in [5.74, 6) is -0.0695. The number of benzene rings is 1. The van der Waals surface area contributed by atoms with Crippen molar-refractivity contribution in [1.82, 2.24) is 5.43 Å². The lowest BCUT2D eigenvalue weighted by Crippen LogP contribution is -2.16. The minimum Gasteiger partial charge on any atom is -0.273 e. The first-order valence-electron chi connectivity index (χ1n) is 7.41. The van der Waals surface area contributed by atoms with Gasteiger partial charge in [0.2, 0.25) is 5.91 Å². The smallest absolute Gasteiger partial charge is 0.240 e. The second-order valence-electron chi connectivity index (χ2n) is 4.95. The van der Waals surface area contributed by atoms with Gasteiger partial charge >= 0.3 is 0 Å². The number of carbonyl (C=O) groups is 1. The quantitative estimate of drug-likeness (QED) is 0.378. The molecule has 0 aliphatic rings. The first kappa shape index (κ1) is 18.0. The standard InChI is InChI=1S/C16H22Cl2N2O/c1-2-3-4-5-6-7-11-15(21)20-19-12-13-9-8-10-14(17)16(13)18/h8-10,12H,2-7,11H2,1H3,(H,20,21)/b19-12+. The number of nitrogens with one attached hydrogen (secondary N) is 1. The maximum Gasteiger partial charge on any atom is 0.240 e. The van der Waals surface area contributed by atoms with Crippen LogP contribution in [0.25, 0.3) is 0 Å². The van der Waals surface area contributed by atoms with Crippen molar-refractivity contribution in [2.75, 3.05) is 0 Å². The molecule has 0 atom stereocenters. The maximum absolute atomic E-state index is 11.6. The SMILES string of the molecule is CCCCCCCCC(=O)N/N=C/c1cccc(Cl)c1Cl. The maximum atomic E-state index is 11.6. The van der Waals surface area contributed by atoms with E-state index < -0.39 is 0 Å². The summed E-state index contributed by atoms with van der Waals surface area (Å²) in [6, 6.07) is 5.28. The van der Waals surface area contributed by atoms with Crippen LogP contribution in [-0.4, -0.2) is 12.1 Å². The van der Waals surface area contributed by atoms with Crippen LogP contribution in [0.15, 0.2) is 23.3 Å². The number of hydrogen-bond donors (Lipinski definition) is 1. The normalized spacial score (nSPS) is 11.0. The number of nitrogens with zero attached hydrogens (tertiary/aromatic N) is 1. The molecular weight excluding hydrogens is 307 g/mol. The molecule has 1 aromatic carbocycles. The molecule has 1 rings (SSSR count). The van der Waals surface area contributed by atoms with Crippen LogP contribution < -0.4 is 5.43 Å². The zero-order valence-electron chi connectivity index (χ0n) is 12.4. The van der Waals surface area contributed by atoms with Crippen molar-refractivity contribution in [3.8, 4) is 0 Å². The summed E-state index contributed by atoms with van der Waals surface area (Å²) in [6.45, 7) is 2.19. The summed E-state index contributed by atoms with van der Waals surface area (Å²) < 4.78 is 0. The molecule has 21 heavy (non-hydrogen) atoms. The molecule has 0 bridgehead atoms. The number of amides is 1. The van der Waals surface area contributed by atoms with E-state index in [0.717, 1.165) is 12.8 Å². The highest BCUT2D eigenvalue weighted by Crippen LogP contribution is 2.24. The summed E-state index contributed by atoms with van der Waals surface area (Å²) in [7, 11) is 0. The monoisotopic (exact) mass is 328 g/mol. The van der Waals surface area contributed by atoms with Gasteiger partial charge in [0.15, 0.2) is 0 Å². The first-order chi connectivity index (χ1) is 10.1. The van der Waals surface area contributed by atoms with Crippen LogP contribution in [0.2, 0.25) is 10.0 Å². The number of unbranched alkanes of at least 4 members (excludes halogenated alkanes) is 5. The van der Waals surface area contributed by atoms with Crippen molar-refractivity contribution in [3.63, 3.8) is 0 Å². The Labute approximate surface area is 136 Å². The third kappa shape index (κ3) is 7.49. The Balaban J connectivity index is 2.23. The molecular formula is C16H22Cl2N2O. The zero-order chi connectivity index (χ0) is 15.5. The number of hydrazone groups is 1. The molecule has 116 valence electrons. The molecule has 0 spiro atoms. The van der Waals surface area contributed by atoms with Gasteiger partial charge in [-0.2, -0.15) is 5.10 Å². The lowest BCUT2D eigenvalue weighted by Gasteiger charge is -2.02. The number of rotatable bonds is 9. The average Bonchev–Trinajstić information content (AvgIpc) is 2.47. The molecule has 0 radical (unpaired) electrons. The van der Waals surface area contributed by atoms with E-state index in [4.69, 9.17) is 23.2 Å². The highest BCUT2D eigenvalue weighted by molar-refractivity contribution is 6.43. The van der Waals surface area contributed by atoms with Gasteiger partial charge in [0.25, 0.3) is 0 Å². The van der Waals surface area contributed by atoms with Gasteiger partial charge in [-0.1, -0.05) is 74.4 Å². The lowest BCUT2D eigenvalue weighted by molar-refractivity contribution is -0.121. The van der Waals surface area contributed by atoms with E-state index in [0.29, 0.717) is 22.0 Å². The molecule has 1 N–H and O–H groups in total. The van der Waals surface area contributed by atoms with Crippen LogP contribution in [0.5, 0.6) is 0 Å². The van der Waals surface area contributed by atoms with Gasteiger partial charge in [-0.15, -0.1) is 0 Å². The largest absolute Gasteiger partial charge is 0.273 e. The van der Waals surface area contributed by atoms with Crippen molar-refractivity contribution in [3.05, 3.63) is 33.8 Å². The Morgan fingerprint density at radius 2 is 1.90 bits per heavy atom. The Hall–Kier alpha value is -1.06. The average molecular weight is 329 g/mol. The van der Waals surface area contributed by atoms with E-state index in [1.165, 1.54) is 31.9 Å². The molecule has 0 aromatic heterocycles. The van der Waals surface area contributed by atoms with Crippen molar-refractivity contribution in [2.24, 2.45) is 5.10 Å². The minimum absolute atomic E-state index is 0.0695. The molecule has 0 fully saturated rings. The van der Waals surface area contributed by atoms with Gasteiger partial charge in [-0.05, 0) is 12.5 Å². The first-order valence-corrected chi connectivity index (χ1v) is 8.16. The Kier molecular flexibility index (Phi) is 9.11. The zero-order valence-corrected chi connectivity index (χ0v) is 13.9. The lowest BCUT2D eigenvalue weighted by atomic mass is 10.1. The van der Waals surface area contributed by atoms with Crippen molar-refractivity contribution >= 4 is 35.3 Å². The topological polar surface area (TPSA) is 41.5 Å². The third-order valence-corrected chi connectivity index (χ3v) is 3.97. The number of carbonyl (C=O) groups excluding carboxylic acids is 1. The molecule has 0 heterocycles. The Bertz CT molecular complexity index is 475. The van der Waals surface area contributed by atoms with Crippen LogP contribution in [0, 0.1) is 0 Å². The molecule has 3 nitrogen and oxygen atoms in total. The fourth-order valence-corrected chi connectivity index (χ4v) is 2.27. The van der Waals surface area contributed by atoms with Crippen LogP contribution >= 0.6 is 23.2 Å². The Morgan fingerprint density at radius 1 is 1.19 bits per heavy atom. The predicted octanol–water partition coefficient (Wildman–Crippen LogP) is 5.19. The summed E-state index contributed by atoms with van der Waals surface area (Å²) in [5, 5.41) is 4.81. The molecule has 1 amide bonds. The fourth-order valence-electron chi connectivity index (χ4n) is 1.92. The van der Waals surface area contributed by atoms with Gasteiger partial charge in [-0.3, -0.25) is 4.79 Å². The van der Waals surface area contributed by atoms with Gasteiger partial charge in [-0.25, -0.2) is 5.43 Å². The number of halogens is 2. The van der Waals surface area contributed by atoms with E-state index in [2.05, 4.69) is 17.5 Å². The van der Waals surface area contributed by atoms with E-state index in [-0.39, 0.29) is 5.91 Å². The molecule has 1 aromatic rings. The molecule has 0 unspecified atom stereocenters. The highest BCUT2D eigenvalue weighted by Gasteiger charge is 2.02. The van der Waals surface area contributed by atoms with Crippen molar-refractivity contribution in [1.29, 1.82) is 0 Å².